The number of hydrogen-bond donors (Lipinski definition) is 0. The van der Waals surface area contributed by atoms with Crippen LogP contribution in [0.1, 0.15) is 68.5 Å². The van der Waals surface area contributed by atoms with Crippen molar-refractivity contribution in [3.8, 4) is 61.5 Å². The van der Waals surface area contributed by atoms with Gasteiger partial charge in [0.1, 0.15) is 0 Å². The SMILES string of the molecule is CC1(C)c2ccccc2-c2ccc(-c3ccc(-c4ccc5c(c4)C(C)(C)c4ccccc4-5)c4cc5cc(-n6c(C7=CC=CCC7)ccc6-c6ccccc6)ccc5cc34)cc21. The maximum Gasteiger partial charge on any atom is 0.0534 e. The smallest absolute Gasteiger partial charge is 0.0534 e. The van der Waals surface area contributed by atoms with E-state index < -0.39 is 0 Å². The Hall–Kier alpha value is -6.96. The predicted octanol–water partition coefficient (Wildman–Crippen LogP) is 16.1. The normalized spacial score (nSPS) is 15.4. The average molecular weight is 782 g/mol. The zero-order chi connectivity index (χ0) is 41.0. The molecule has 0 radical (unpaired) electrons. The van der Waals surface area contributed by atoms with Gasteiger partial charge in [-0.1, -0.05) is 167 Å². The molecule has 0 amide bonds. The van der Waals surface area contributed by atoms with Crippen LogP contribution in [0.2, 0.25) is 0 Å². The zero-order valence-corrected chi connectivity index (χ0v) is 35.3. The van der Waals surface area contributed by atoms with Gasteiger partial charge in [-0.25, -0.2) is 0 Å². The minimum absolute atomic E-state index is 0.0740. The Morgan fingerprint density at radius 2 is 0.951 bits per heavy atom. The van der Waals surface area contributed by atoms with Crippen molar-refractivity contribution < 1.29 is 0 Å². The van der Waals surface area contributed by atoms with Crippen LogP contribution in [0.3, 0.4) is 0 Å². The third kappa shape index (κ3) is 5.39. The molecule has 0 bridgehead atoms. The monoisotopic (exact) mass is 781 g/mol. The molecule has 0 aliphatic heterocycles. The Labute approximate surface area is 359 Å². The van der Waals surface area contributed by atoms with E-state index in [4.69, 9.17) is 0 Å². The Morgan fingerprint density at radius 1 is 0.410 bits per heavy atom. The van der Waals surface area contributed by atoms with Crippen LogP contribution in [0.4, 0.5) is 0 Å². The standard InChI is InChI=1S/C60H47N/c1-59(2)53-21-13-11-19-47(53)49-27-24-41(36-55(49)59)45-29-30-46(42-25-28-50-48-20-12-14-22-54(48)60(3,4)56(50)37-42)52-35-43-33-44(26-23-40(43)34-51(45)52)61-57(38-15-7-5-8-16-38)31-32-58(61)39-17-9-6-10-18-39/h5-9,11-17,19-37H,10,18H2,1-4H3. The van der Waals surface area contributed by atoms with E-state index in [9.17, 15) is 0 Å². The van der Waals surface area contributed by atoms with Crippen molar-refractivity contribution >= 4 is 27.1 Å². The van der Waals surface area contributed by atoms with Crippen molar-refractivity contribution in [3.05, 3.63) is 216 Å². The van der Waals surface area contributed by atoms with E-state index >= 15 is 0 Å². The zero-order valence-electron chi connectivity index (χ0n) is 35.3. The van der Waals surface area contributed by atoms with Gasteiger partial charge in [0.15, 0.2) is 0 Å². The van der Waals surface area contributed by atoms with Crippen LogP contribution in [0.5, 0.6) is 0 Å². The van der Waals surface area contributed by atoms with E-state index in [2.05, 4.69) is 220 Å². The highest BCUT2D eigenvalue weighted by Crippen LogP contribution is 2.52. The van der Waals surface area contributed by atoms with Crippen LogP contribution in [-0.2, 0) is 10.8 Å². The maximum atomic E-state index is 2.48. The lowest BCUT2D eigenvalue weighted by Crippen LogP contribution is -2.15. The summed E-state index contributed by atoms with van der Waals surface area (Å²) < 4.78 is 2.48. The summed E-state index contributed by atoms with van der Waals surface area (Å²) >= 11 is 0. The largest absolute Gasteiger partial charge is 0.310 e. The van der Waals surface area contributed by atoms with E-state index in [1.807, 2.05) is 0 Å². The fraction of sp³-hybridized carbons (Fsp3) is 0.133. The number of nitrogens with zero attached hydrogens (tertiary/aromatic N) is 1. The maximum absolute atomic E-state index is 2.48. The minimum atomic E-state index is -0.0808. The average Bonchev–Trinajstić information content (AvgIpc) is 3.92. The fourth-order valence-corrected chi connectivity index (χ4v) is 11.1. The first kappa shape index (κ1) is 35.9. The van der Waals surface area contributed by atoms with Gasteiger partial charge < -0.3 is 4.57 Å². The second-order valence-corrected chi connectivity index (χ2v) is 18.4. The van der Waals surface area contributed by atoms with Gasteiger partial charge in [0, 0.05) is 22.2 Å². The van der Waals surface area contributed by atoms with Gasteiger partial charge in [-0.15, -0.1) is 0 Å². The minimum Gasteiger partial charge on any atom is -0.310 e. The number of allylic oxidation sites excluding steroid dienone is 4. The summed E-state index contributed by atoms with van der Waals surface area (Å²) in [6.45, 7) is 9.51. The van der Waals surface area contributed by atoms with Gasteiger partial charge in [-0.05, 0) is 161 Å². The van der Waals surface area contributed by atoms with Gasteiger partial charge in [-0.3, -0.25) is 0 Å². The molecular formula is C60H47N. The van der Waals surface area contributed by atoms with Crippen molar-refractivity contribution in [2.24, 2.45) is 0 Å². The summed E-state index contributed by atoms with van der Waals surface area (Å²) in [5.74, 6) is 0. The van der Waals surface area contributed by atoms with Crippen LogP contribution in [0.25, 0.3) is 88.6 Å². The molecule has 0 saturated carbocycles. The Morgan fingerprint density at radius 3 is 1.56 bits per heavy atom. The third-order valence-electron chi connectivity index (χ3n) is 14.3. The summed E-state index contributed by atoms with van der Waals surface area (Å²) in [6.07, 6.45) is 8.87. The molecule has 3 aliphatic rings. The van der Waals surface area contributed by atoms with Gasteiger partial charge in [0.05, 0.1) is 5.69 Å². The topological polar surface area (TPSA) is 4.93 Å². The predicted molar refractivity (Wildman–Crippen MR) is 259 cm³/mol. The third-order valence-corrected chi connectivity index (χ3v) is 14.3. The van der Waals surface area contributed by atoms with Crippen LogP contribution < -0.4 is 0 Å². The first-order valence-electron chi connectivity index (χ1n) is 21.9. The Bertz CT molecular complexity index is 3350. The molecule has 12 rings (SSSR count). The highest BCUT2D eigenvalue weighted by Gasteiger charge is 2.37. The second-order valence-electron chi connectivity index (χ2n) is 18.4. The summed E-state index contributed by atoms with van der Waals surface area (Å²) in [5.41, 5.74) is 22.1. The first-order chi connectivity index (χ1) is 29.8. The van der Waals surface area contributed by atoms with Crippen molar-refractivity contribution in [1.29, 1.82) is 0 Å². The van der Waals surface area contributed by atoms with Gasteiger partial charge in [-0.2, -0.15) is 0 Å². The van der Waals surface area contributed by atoms with Gasteiger partial charge >= 0.3 is 0 Å². The fourth-order valence-electron chi connectivity index (χ4n) is 11.1. The van der Waals surface area contributed by atoms with E-state index in [1.165, 1.54) is 117 Å². The van der Waals surface area contributed by atoms with E-state index in [0.717, 1.165) is 12.8 Å². The van der Waals surface area contributed by atoms with E-state index in [1.54, 1.807) is 0 Å². The lowest BCUT2D eigenvalue weighted by atomic mass is 9.80. The molecule has 0 atom stereocenters. The molecule has 1 heterocycles. The van der Waals surface area contributed by atoms with Crippen LogP contribution in [0.15, 0.2) is 188 Å². The number of hydrogen-bond acceptors (Lipinski definition) is 0. The molecule has 1 aromatic heterocycles. The van der Waals surface area contributed by atoms with E-state index in [0.29, 0.717) is 0 Å². The Kier molecular flexibility index (Phi) is 7.82. The summed E-state index contributed by atoms with van der Waals surface area (Å²) in [5, 5.41) is 5.03. The van der Waals surface area contributed by atoms with Crippen molar-refractivity contribution in [2.45, 2.75) is 51.4 Å². The molecule has 8 aromatic carbocycles. The van der Waals surface area contributed by atoms with Crippen molar-refractivity contribution in [1.82, 2.24) is 4.57 Å². The lowest BCUT2D eigenvalue weighted by molar-refractivity contribution is 0.660. The van der Waals surface area contributed by atoms with Crippen LogP contribution in [-0.4, -0.2) is 4.57 Å². The van der Waals surface area contributed by atoms with E-state index in [-0.39, 0.29) is 10.8 Å². The molecule has 3 aliphatic carbocycles. The lowest BCUT2D eigenvalue weighted by Gasteiger charge is -2.23. The molecule has 0 fully saturated rings. The molecule has 0 saturated heterocycles. The Balaban J connectivity index is 1.08. The summed E-state index contributed by atoms with van der Waals surface area (Å²) in [4.78, 5) is 0. The summed E-state index contributed by atoms with van der Waals surface area (Å²) in [7, 11) is 0. The summed E-state index contributed by atoms with van der Waals surface area (Å²) in [6, 6.07) is 64.5. The molecule has 1 nitrogen and oxygen atoms in total. The molecular weight excluding hydrogens is 735 g/mol. The quantitative estimate of drug-likeness (QED) is 0.153. The molecule has 1 heteroatoms. The number of aromatic nitrogens is 1. The van der Waals surface area contributed by atoms with Crippen molar-refractivity contribution in [3.63, 3.8) is 0 Å². The second kappa shape index (κ2) is 13.3. The highest BCUT2D eigenvalue weighted by molar-refractivity contribution is 6.11. The number of rotatable bonds is 5. The van der Waals surface area contributed by atoms with Crippen LogP contribution >= 0.6 is 0 Å². The van der Waals surface area contributed by atoms with Crippen LogP contribution in [0, 0.1) is 0 Å². The molecule has 0 N–H and O–H groups in total. The number of fused-ring (bicyclic) bond motifs is 8. The molecule has 61 heavy (non-hydrogen) atoms. The molecule has 0 spiro atoms. The molecule has 9 aromatic rings. The van der Waals surface area contributed by atoms with Crippen molar-refractivity contribution in [2.75, 3.05) is 0 Å². The van der Waals surface area contributed by atoms with Gasteiger partial charge in [0.25, 0.3) is 0 Å². The highest BCUT2D eigenvalue weighted by atomic mass is 15.0. The molecule has 292 valence electrons. The number of benzene rings is 8. The first-order valence-corrected chi connectivity index (χ1v) is 21.9. The van der Waals surface area contributed by atoms with Gasteiger partial charge in [0.2, 0.25) is 0 Å². The molecule has 0 unspecified atom stereocenters.